The first-order valence-corrected chi connectivity index (χ1v) is 10.4. The number of anilines is 1. The van der Waals surface area contributed by atoms with E-state index < -0.39 is 18.6 Å². The van der Waals surface area contributed by atoms with Crippen molar-refractivity contribution in [2.24, 2.45) is 0 Å². The van der Waals surface area contributed by atoms with Crippen LogP contribution in [-0.4, -0.2) is 29.1 Å². The molecule has 1 aromatic carbocycles. The van der Waals surface area contributed by atoms with Gasteiger partial charge in [0, 0.05) is 25.8 Å². The van der Waals surface area contributed by atoms with Gasteiger partial charge in [0.2, 0.25) is 0 Å². The molecule has 1 aliphatic rings. The average Bonchev–Trinajstić information content (AvgIpc) is 2.68. The lowest BCUT2D eigenvalue weighted by molar-refractivity contribution is -0.140. The van der Waals surface area contributed by atoms with Gasteiger partial charge in [-0.15, -0.1) is 0 Å². The van der Waals surface area contributed by atoms with Crippen molar-refractivity contribution in [1.82, 2.24) is 15.2 Å². The number of hydrogen-bond donors (Lipinski definition) is 2. The van der Waals surface area contributed by atoms with Gasteiger partial charge in [0.15, 0.2) is 0 Å². The van der Waals surface area contributed by atoms with Crippen LogP contribution in [0.5, 0.6) is 0 Å². The Kier molecular flexibility index (Phi) is 8.49. The molecule has 0 fully saturated rings. The molecule has 3 rings (SSSR count). The summed E-state index contributed by atoms with van der Waals surface area (Å²) in [5.74, 6) is 1.21. The molecule has 0 bridgehead atoms. The summed E-state index contributed by atoms with van der Waals surface area (Å²) in [5, 5.41) is 6.64. The standard InChI is InChI=1S/C21H23Cl2F3N4.CH4/c1-3-27-20-9-16-12-30(7-6-15(16)11-28-20)13(2)29-19(10-21(24,25)26)14-4-5-17(22)18(23)8-14;/h4-5,8-9,11,19,29H,2-3,6-7,10,12H2,1H3,(H,27,28);1H4. The Morgan fingerprint density at radius 1 is 1.23 bits per heavy atom. The number of alkyl halides is 3. The summed E-state index contributed by atoms with van der Waals surface area (Å²) in [4.78, 5) is 6.32. The Morgan fingerprint density at radius 2 is 1.97 bits per heavy atom. The van der Waals surface area contributed by atoms with Crippen LogP contribution in [0.3, 0.4) is 0 Å². The lowest BCUT2D eigenvalue weighted by Gasteiger charge is -2.34. The SMILES string of the molecule is C.C=C(NC(CC(F)(F)F)c1ccc(Cl)c(Cl)c1)N1CCc2cnc(NCC)cc2C1. The minimum absolute atomic E-state index is 0. The van der Waals surface area contributed by atoms with E-state index >= 15 is 0 Å². The largest absolute Gasteiger partial charge is 0.391 e. The number of nitrogens with one attached hydrogen (secondary N) is 2. The monoisotopic (exact) mass is 474 g/mol. The van der Waals surface area contributed by atoms with Crippen LogP contribution < -0.4 is 10.6 Å². The van der Waals surface area contributed by atoms with Crippen LogP contribution in [-0.2, 0) is 13.0 Å². The highest BCUT2D eigenvalue weighted by Gasteiger charge is 2.33. The lowest BCUT2D eigenvalue weighted by Crippen LogP contribution is -2.38. The number of rotatable bonds is 7. The van der Waals surface area contributed by atoms with Gasteiger partial charge < -0.3 is 15.5 Å². The second kappa shape index (κ2) is 10.5. The summed E-state index contributed by atoms with van der Waals surface area (Å²) in [6, 6.07) is 5.46. The number of hydrogen-bond acceptors (Lipinski definition) is 4. The van der Waals surface area contributed by atoms with Gasteiger partial charge in [-0.25, -0.2) is 4.98 Å². The molecule has 2 aromatic rings. The van der Waals surface area contributed by atoms with Crippen molar-refractivity contribution in [2.75, 3.05) is 18.4 Å². The fraction of sp³-hybridized carbons (Fsp3) is 0.409. The first-order valence-electron chi connectivity index (χ1n) is 9.60. The number of nitrogens with zero attached hydrogens (tertiary/aromatic N) is 2. The van der Waals surface area contributed by atoms with Gasteiger partial charge in [-0.1, -0.05) is 43.3 Å². The number of halogens is 5. The van der Waals surface area contributed by atoms with Crippen LogP contribution in [0.15, 0.2) is 42.9 Å². The third-order valence-corrected chi connectivity index (χ3v) is 5.70. The molecular formula is C22H27Cl2F3N4. The second-order valence-corrected chi connectivity index (χ2v) is 7.99. The molecule has 1 unspecified atom stereocenters. The van der Waals surface area contributed by atoms with Crippen molar-refractivity contribution < 1.29 is 13.2 Å². The summed E-state index contributed by atoms with van der Waals surface area (Å²) < 4.78 is 39.7. The summed E-state index contributed by atoms with van der Waals surface area (Å²) in [6.07, 6.45) is -2.82. The minimum Gasteiger partial charge on any atom is -0.370 e. The van der Waals surface area contributed by atoms with Crippen molar-refractivity contribution >= 4 is 29.0 Å². The van der Waals surface area contributed by atoms with Crippen LogP contribution in [0.4, 0.5) is 19.0 Å². The summed E-state index contributed by atoms with van der Waals surface area (Å²) in [6.45, 7) is 7.93. The molecule has 0 saturated heterocycles. The van der Waals surface area contributed by atoms with Crippen LogP contribution in [0.2, 0.25) is 10.0 Å². The van der Waals surface area contributed by atoms with E-state index in [1.54, 1.807) is 6.07 Å². The molecule has 1 aliphatic heterocycles. The Balaban J connectivity index is 0.00000341. The summed E-state index contributed by atoms with van der Waals surface area (Å²) >= 11 is 11.9. The highest BCUT2D eigenvalue weighted by Crippen LogP contribution is 2.34. The molecule has 170 valence electrons. The molecule has 31 heavy (non-hydrogen) atoms. The molecule has 0 saturated carbocycles. The highest BCUT2D eigenvalue weighted by molar-refractivity contribution is 6.42. The zero-order valence-corrected chi connectivity index (χ0v) is 18.0. The Labute approximate surface area is 191 Å². The third-order valence-electron chi connectivity index (χ3n) is 4.96. The van der Waals surface area contributed by atoms with Crippen LogP contribution in [0, 0.1) is 0 Å². The first kappa shape index (κ1) is 25.1. The average molecular weight is 475 g/mol. The van der Waals surface area contributed by atoms with E-state index in [0.717, 1.165) is 29.9 Å². The number of pyridine rings is 1. The molecule has 1 aromatic heterocycles. The topological polar surface area (TPSA) is 40.2 Å². The smallest absolute Gasteiger partial charge is 0.370 e. The van der Waals surface area contributed by atoms with Gasteiger partial charge in [0.1, 0.15) is 5.82 Å². The molecule has 0 radical (unpaired) electrons. The van der Waals surface area contributed by atoms with Crippen molar-refractivity contribution in [3.63, 3.8) is 0 Å². The number of fused-ring (bicyclic) bond motifs is 1. The van der Waals surface area contributed by atoms with E-state index in [4.69, 9.17) is 23.2 Å². The highest BCUT2D eigenvalue weighted by atomic mass is 35.5. The Bertz CT molecular complexity index is 918. The molecule has 0 amide bonds. The van der Waals surface area contributed by atoms with Gasteiger partial charge in [-0.2, -0.15) is 13.2 Å². The number of benzene rings is 1. The molecule has 4 nitrogen and oxygen atoms in total. The molecular weight excluding hydrogens is 448 g/mol. The predicted molar refractivity (Wildman–Crippen MR) is 121 cm³/mol. The lowest BCUT2D eigenvalue weighted by atomic mass is 10.0. The maximum Gasteiger partial charge on any atom is 0.391 e. The zero-order valence-electron chi connectivity index (χ0n) is 16.5. The van der Waals surface area contributed by atoms with Gasteiger partial charge in [-0.05, 0) is 48.2 Å². The van der Waals surface area contributed by atoms with Crippen molar-refractivity contribution in [1.29, 1.82) is 0 Å². The van der Waals surface area contributed by atoms with Crippen LogP contribution >= 0.6 is 23.2 Å². The van der Waals surface area contributed by atoms with Crippen molar-refractivity contribution in [2.45, 2.75) is 46.0 Å². The Hall–Kier alpha value is -2.12. The van der Waals surface area contributed by atoms with E-state index in [-0.39, 0.29) is 12.4 Å². The van der Waals surface area contributed by atoms with Gasteiger partial charge in [0.25, 0.3) is 0 Å². The van der Waals surface area contributed by atoms with E-state index in [9.17, 15) is 13.2 Å². The van der Waals surface area contributed by atoms with Gasteiger partial charge in [0.05, 0.1) is 28.3 Å². The molecule has 0 aliphatic carbocycles. The molecule has 0 spiro atoms. The molecule has 2 heterocycles. The predicted octanol–water partition coefficient (Wildman–Crippen LogP) is 6.57. The number of aromatic nitrogens is 1. The summed E-state index contributed by atoms with van der Waals surface area (Å²) in [5.41, 5.74) is 2.62. The van der Waals surface area contributed by atoms with Crippen LogP contribution in [0.1, 0.15) is 43.5 Å². The van der Waals surface area contributed by atoms with E-state index in [2.05, 4.69) is 22.2 Å². The maximum atomic E-state index is 13.2. The van der Waals surface area contributed by atoms with E-state index in [0.29, 0.717) is 29.5 Å². The molecule has 9 heteroatoms. The first-order chi connectivity index (χ1) is 14.2. The third kappa shape index (κ3) is 6.68. The van der Waals surface area contributed by atoms with Crippen molar-refractivity contribution in [3.05, 3.63) is 69.6 Å². The fourth-order valence-corrected chi connectivity index (χ4v) is 3.76. The fourth-order valence-electron chi connectivity index (χ4n) is 3.45. The molecule has 1 atom stereocenters. The van der Waals surface area contributed by atoms with E-state index in [1.165, 1.54) is 12.1 Å². The second-order valence-electron chi connectivity index (χ2n) is 7.18. The van der Waals surface area contributed by atoms with Crippen molar-refractivity contribution in [3.8, 4) is 0 Å². The normalized spacial score (nSPS) is 14.3. The molecule has 2 N–H and O–H groups in total. The van der Waals surface area contributed by atoms with E-state index in [1.807, 2.05) is 24.1 Å². The summed E-state index contributed by atoms with van der Waals surface area (Å²) in [7, 11) is 0. The van der Waals surface area contributed by atoms with Gasteiger partial charge >= 0.3 is 6.18 Å². The maximum absolute atomic E-state index is 13.2. The quantitative estimate of drug-likeness (QED) is 0.475. The van der Waals surface area contributed by atoms with Crippen LogP contribution in [0.25, 0.3) is 0 Å². The minimum atomic E-state index is -4.36. The van der Waals surface area contributed by atoms with Gasteiger partial charge in [-0.3, -0.25) is 0 Å². The Morgan fingerprint density at radius 3 is 2.61 bits per heavy atom. The zero-order chi connectivity index (χ0) is 21.9.